The van der Waals surface area contributed by atoms with Crippen LogP contribution in [0.3, 0.4) is 0 Å². The fourth-order valence-electron chi connectivity index (χ4n) is 2.54. The molecular formula is C18H17N3O4S. The summed E-state index contributed by atoms with van der Waals surface area (Å²) in [5, 5.41) is 7.19. The Bertz CT molecular complexity index is 1120. The van der Waals surface area contributed by atoms with Crippen LogP contribution in [0.1, 0.15) is 6.92 Å². The molecule has 0 spiro atoms. The Kier molecular flexibility index (Phi) is 4.85. The number of hydrogen-bond donors (Lipinski definition) is 1. The van der Waals surface area contributed by atoms with E-state index in [2.05, 4.69) is 10.4 Å². The van der Waals surface area contributed by atoms with E-state index in [-0.39, 0.29) is 28.5 Å². The van der Waals surface area contributed by atoms with Crippen LogP contribution < -0.4 is 10.7 Å². The molecule has 134 valence electrons. The molecule has 26 heavy (non-hydrogen) atoms. The van der Waals surface area contributed by atoms with Gasteiger partial charge >= 0.3 is 0 Å². The fraction of sp³-hybridized carbons (Fsp3) is 0.167. The van der Waals surface area contributed by atoms with Crippen LogP contribution in [0.2, 0.25) is 0 Å². The summed E-state index contributed by atoms with van der Waals surface area (Å²) in [6.07, 6.45) is 1.18. The zero-order valence-electron chi connectivity index (χ0n) is 14.0. The summed E-state index contributed by atoms with van der Waals surface area (Å²) in [5.41, 5.74) is 0.847. The van der Waals surface area contributed by atoms with Gasteiger partial charge in [-0.1, -0.05) is 19.1 Å². The average molecular weight is 371 g/mol. The molecule has 0 saturated carbocycles. The number of fused-ring (bicyclic) bond motifs is 1. The Morgan fingerprint density at radius 3 is 2.50 bits per heavy atom. The molecule has 8 heteroatoms. The highest BCUT2D eigenvalue weighted by atomic mass is 32.2. The van der Waals surface area contributed by atoms with Gasteiger partial charge in [-0.3, -0.25) is 14.3 Å². The highest BCUT2D eigenvalue weighted by molar-refractivity contribution is 7.91. The number of sulfone groups is 1. The second kappa shape index (κ2) is 7.09. The maximum atomic E-state index is 12.3. The molecule has 0 aliphatic heterocycles. The SMILES string of the molecule is CCS(=O)(=O)c1ccc(NC(=O)Cn2ncc(=O)c3ccccc32)cc1. The van der Waals surface area contributed by atoms with Crippen molar-refractivity contribution in [2.75, 3.05) is 11.1 Å². The van der Waals surface area contributed by atoms with Crippen LogP contribution in [0.4, 0.5) is 5.69 Å². The highest BCUT2D eigenvalue weighted by Crippen LogP contribution is 2.15. The van der Waals surface area contributed by atoms with Crippen LogP contribution in [-0.2, 0) is 21.2 Å². The van der Waals surface area contributed by atoms with Crippen molar-refractivity contribution >= 4 is 32.3 Å². The molecule has 0 saturated heterocycles. The number of rotatable bonds is 5. The maximum Gasteiger partial charge on any atom is 0.246 e. The first kappa shape index (κ1) is 17.8. The van der Waals surface area contributed by atoms with Gasteiger partial charge in [0.05, 0.1) is 22.4 Å². The highest BCUT2D eigenvalue weighted by Gasteiger charge is 2.12. The topological polar surface area (TPSA) is 98.1 Å². The standard InChI is InChI=1S/C18H17N3O4S/c1-2-26(24,25)14-9-7-13(8-10-14)20-18(23)12-21-16-6-4-3-5-15(16)17(22)11-19-21/h3-11H,2,12H2,1H3,(H,20,23). The molecule has 1 aromatic heterocycles. The lowest BCUT2D eigenvalue weighted by Gasteiger charge is -2.10. The molecule has 0 unspecified atom stereocenters. The number of nitrogens with zero attached hydrogens (tertiary/aromatic N) is 2. The number of anilines is 1. The van der Waals surface area contributed by atoms with E-state index >= 15 is 0 Å². The minimum absolute atomic E-state index is 0.0177. The lowest BCUT2D eigenvalue weighted by Crippen LogP contribution is -2.22. The van der Waals surface area contributed by atoms with Gasteiger partial charge in [-0.2, -0.15) is 5.10 Å². The minimum Gasteiger partial charge on any atom is -0.324 e. The third kappa shape index (κ3) is 3.65. The molecule has 1 heterocycles. The van der Waals surface area contributed by atoms with Crippen molar-refractivity contribution in [3.05, 3.63) is 65.0 Å². The summed E-state index contributed by atoms with van der Waals surface area (Å²) in [5.74, 6) is -0.318. The van der Waals surface area contributed by atoms with E-state index in [1.807, 2.05) is 0 Å². The van der Waals surface area contributed by atoms with Gasteiger partial charge in [0.25, 0.3) is 0 Å². The predicted octanol–water partition coefficient (Wildman–Crippen LogP) is 1.83. The van der Waals surface area contributed by atoms with E-state index in [1.54, 1.807) is 31.2 Å². The Morgan fingerprint density at radius 2 is 1.81 bits per heavy atom. The predicted molar refractivity (Wildman–Crippen MR) is 98.8 cm³/mol. The molecule has 1 amide bonds. The first-order valence-electron chi connectivity index (χ1n) is 7.98. The first-order chi connectivity index (χ1) is 12.4. The number of amides is 1. The molecule has 7 nitrogen and oxygen atoms in total. The third-order valence-corrected chi connectivity index (χ3v) is 5.68. The van der Waals surface area contributed by atoms with Gasteiger partial charge in [-0.05, 0) is 36.4 Å². The van der Waals surface area contributed by atoms with Crippen molar-refractivity contribution in [2.45, 2.75) is 18.4 Å². The minimum atomic E-state index is -3.28. The van der Waals surface area contributed by atoms with Crippen molar-refractivity contribution in [3.8, 4) is 0 Å². The molecule has 0 bridgehead atoms. The van der Waals surface area contributed by atoms with Crippen molar-refractivity contribution in [3.63, 3.8) is 0 Å². The Morgan fingerprint density at radius 1 is 1.12 bits per heavy atom. The molecule has 0 atom stereocenters. The number of aromatic nitrogens is 2. The lowest BCUT2D eigenvalue weighted by molar-refractivity contribution is -0.116. The number of benzene rings is 2. The van der Waals surface area contributed by atoms with E-state index < -0.39 is 9.84 Å². The van der Waals surface area contributed by atoms with Crippen LogP contribution in [0.5, 0.6) is 0 Å². The molecule has 0 radical (unpaired) electrons. The monoisotopic (exact) mass is 371 g/mol. The third-order valence-electron chi connectivity index (χ3n) is 3.93. The zero-order chi connectivity index (χ0) is 18.7. The van der Waals surface area contributed by atoms with Crippen molar-refractivity contribution in [1.29, 1.82) is 0 Å². The molecule has 0 aliphatic carbocycles. The quantitative estimate of drug-likeness (QED) is 0.738. The number of carbonyl (C=O) groups is 1. The molecule has 1 N–H and O–H groups in total. The normalized spacial score (nSPS) is 11.4. The molecule has 3 rings (SSSR count). The van der Waals surface area contributed by atoms with Crippen molar-refractivity contribution in [2.24, 2.45) is 0 Å². The van der Waals surface area contributed by atoms with Crippen LogP contribution >= 0.6 is 0 Å². The summed E-state index contributed by atoms with van der Waals surface area (Å²) in [7, 11) is -3.28. The van der Waals surface area contributed by atoms with Gasteiger partial charge in [0.1, 0.15) is 6.54 Å². The maximum absolute atomic E-state index is 12.3. The molecule has 3 aromatic rings. The van der Waals surface area contributed by atoms with Crippen LogP contribution in [0, 0.1) is 0 Å². The lowest BCUT2D eigenvalue weighted by atomic mass is 10.2. The van der Waals surface area contributed by atoms with Crippen molar-refractivity contribution < 1.29 is 13.2 Å². The van der Waals surface area contributed by atoms with E-state index in [4.69, 9.17) is 0 Å². The Labute approximate surface area is 150 Å². The summed E-state index contributed by atoms with van der Waals surface area (Å²) in [6, 6.07) is 12.9. The van der Waals surface area contributed by atoms with E-state index in [9.17, 15) is 18.0 Å². The van der Waals surface area contributed by atoms with Crippen LogP contribution in [0.15, 0.2) is 64.4 Å². The van der Waals surface area contributed by atoms with Gasteiger partial charge in [0.2, 0.25) is 11.3 Å². The molecular weight excluding hydrogens is 354 g/mol. The van der Waals surface area contributed by atoms with Gasteiger partial charge in [-0.15, -0.1) is 0 Å². The average Bonchev–Trinajstić information content (AvgIpc) is 2.65. The van der Waals surface area contributed by atoms with Gasteiger partial charge in [0, 0.05) is 11.1 Å². The fourth-order valence-corrected chi connectivity index (χ4v) is 3.42. The molecule has 0 aliphatic rings. The largest absolute Gasteiger partial charge is 0.324 e. The van der Waals surface area contributed by atoms with E-state index in [1.165, 1.54) is 35.1 Å². The van der Waals surface area contributed by atoms with Crippen LogP contribution in [-0.4, -0.2) is 29.9 Å². The van der Waals surface area contributed by atoms with E-state index in [0.29, 0.717) is 16.6 Å². The summed E-state index contributed by atoms with van der Waals surface area (Å²) < 4.78 is 25.1. The molecule has 2 aromatic carbocycles. The first-order valence-corrected chi connectivity index (χ1v) is 9.63. The van der Waals surface area contributed by atoms with Gasteiger partial charge in [-0.25, -0.2) is 8.42 Å². The smallest absolute Gasteiger partial charge is 0.246 e. The number of carbonyl (C=O) groups excluding carboxylic acids is 1. The van der Waals surface area contributed by atoms with Crippen molar-refractivity contribution in [1.82, 2.24) is 9.78 Å². The Hall–Kier alpha value is -3.00. The number of hydrogen-bond acceptors (Lipinski definition) is 5. The molecule has 0 fully saturated rings. The van der Waals surface area contributed by atoms with Crippen LogP contribution in [0.25, 0.3) is 10.9 Å². The summed E-state index contributed by atoms with van der Waals surface area (Å²) in [4.78, 5) is 24.3. The Balaban J connectivity index is 1.78. The van der Waals surface area contributed by atoms with Gasteiger partial charge in [0.15, 0.2) is 9.84 Å². The summed E-state index contributed by atoms with van der Waals surface area (Å²) >= 11 is 0. The number of nitrogens with one attached hydrogen (secondary N) is 1. The second-order valence-electron chi connectivity index (χ2n) is 5.66. The summed E-state index contributed by atoms with van der Waals surface area (Å²) in [6.45, 7) is 1.50. The second-order valence-corrected chi connectivity index (χ2v) is 7.94. The number of para-hydroxylation sites is 1. The van der Waals surface area contributed by atoms with Gasteiger partial charge < -0.3 is 5.32 Å². The van der Waals surface area contributed by atoms with E-state index in [0.717, 1.165) is 0 Å². The zero-order valence-corrected chi connectivity index (χ0v) is 14.9.